The normalized spacial score (nSPS) is 11.3. The van der Waals surface area contributed by atoms with Crippen molar-refractivity contribution in [1.82, 2.24) is 0 Å². The van der Waals surface area contributed by atoms with Crippen molar-refractivity contribution in [3.8, 4) is 0 Å². The highest BCUT2D eigenvalue weighted by atomic mass is 79.9. The van der Waals surface area contributed by atoms with E-state index in [2.05, 4.69) is 65.6 Å². The first-order chi connectivity index (χ1) is 6.11. The molecule has 0 atom stereocenters. The van der Waals surface area contributed by atoms with Crippen LogP contribution in [0.2, 0.25) is 13.1 Å². The van der Waals surface area contributed by atoms with Crippen LogP contribution in [0.25, 0.3) is 0 Å². The van der Waals surface area contributed by atoms with Crippen LogP contribution in [0.15, 0.2) is 36.5 Å². The van der Waals surface area contributed by atoms with Crippen molar-refractivity contribution in [2.75, 3.05) is 0 Å². The molecule has 0 aromatic heterocycles. The smallest absolute Gasteiger partial charge is 0.104 e. The number of hydrogen-bond donors (Lipinski definition) is 0. The van der Waals surface area contributed by atoms with Gasteiger partial charge in [-0.15, -0.1) is 6.58 Å². The van der Waals surface area contributed by atoms with Gasteiger partial charge in [-0.1, -0.05) is 64.2 Å². The second-order valence-corrected chi connectivity index (χ2v) is 8.67. The fourth-order valence-corrected chi connectivity index (χ4v) is 3.87. The molecule has 0 amide bonds. The third-order valence-corrected chi connectivity index (χ3v) is 5.87. The Morgan fingerprint density at radius 3 is 2.54 bits per heavy atom. The third kappa shape index (κ3) is 2.32. The van der Waals surface area contributed by atoms with E-state index in [1.54, 1.807) is 0 Å². The van der Waals surface area contributed by atoms with E-state index in [0.717, 1.165) is 5.33 Å². The Hall–Kier alpha value is -0.343. The molecule has 0 aliphatic carbocycles. The van der Waals surface area contributed by atoms with Gasteiger partial charge in [0.1, 0.15) is 8.07 Å². The molecule has 0 bridgehead atoms. The molecule has 0 nitrogen and oxygen atoms in total. The maximum Gasteiger partial charge on any atom is 0.104 e. The molecule has 0 saturated heterocycles. The lowest BCUT2D eigenvalue weighted by Crippen LogP contribution is -2.41. The van der Waals surface area contributed by atoms with Gasteiger partial charge in [-0.25, -0.2) is 0 Å². The zero-order chi connectivity index (χ0) is 9.90. The summed E-state index contributed by atoms with van der Waals surface area (Å²) in [6.45, 7) is 8.57. The molecule has 0 saturated carbocycles. The summed E-state index contributed by atoms with van der Waals surface area (Å²) in [6, 6.07) is 8.61. The zero-order valence-electron chi connectivity index (χ0n) is 8.18. The highest BCUT2D eigenvalue weighted by Gasteiger charge is 2.21. The van der Waals surface area contributed by atoms with E-state index >= 15 is 0 Å². The van der Waals surface area contributed by atoms with Crippen molar-refractivity contribution in [3.05, 3.63) is 42.1 Å². The van der Waals surface area contributed by atoms with Crippen LogP contribution in [-0.2, 0) is 5.33 Å². The van der Waals surface area contributed by atoms with Crippen LogP contribution in [0.4, 0.5) is 0 Å². The van der Waals surface area contributed by atoms with Crippen molar-refractivity contribution in [2.45, 2.75) is 18.4 Å². The van der Waals surface area contributed by atoms with Crippen LogP contribution in [0.1, 0.15) is 5.56 Å². The molecule has 0 spiro atoms. The van der Waals surface area contributed by atoms with Crippen LogP contribution < -0.4 is 5.19 Å². The molecule has 0 aliphatic rings. The maximum atomic E-state index is 3.93. The number of alkyl halides is 1. The summed E-state index contributed by atoms with van der Waals surface area (Å²) in [6.07, 6.45) is 0. The number of benzene rings is 1. The van der Waals surface area contributed by atoms with E-state index in [1.165, 1.54) is 10.8 Å². The second kappa shape index (κ2) is 4.25. The number of hydrogen-bond acceptors (Lipinski definition) is 0. The molecule has 1 rings (SSSR count). The zero-order valence-corrected chi connectivity index (χ0v) is 10.8. The Bertz CT molecular complexity index is 305. The van der Waals surface area contributed by atoms with Gasteiger partial charge in [0.25, 0.3) is 0 Å². The fraction of sp³-hybridized carbons (Fsp3) is 0.273. The summed E-state index contributed by atoms with van der Waals surface area (Å²) >= 11 is 3.52. The summed E-state index contributed by atoms with van der Waals surface area (Å²) < 4.78 is 0. The maximum absolute atomic E-state index is 3.93. The molecule has 0 N–H and O–H groups in total. The Balaban J connectivity index is 3.20. The summed E-state index contributed by atoms with van der Waals surface area (Å²) in [5.74, 6) is 0. The first kappa shape index (κ1) is 10.7. The largest absolute Gasteiger partial charge is 0.107 e. The Morgan fingerprint density at radius 1 is 1.38 bits per heavy atom. The molecule has 1 aromatic rings. The predicted octanol–water partition coefficient (Wildman–Crippen LogP) is 3.22. The molecule has 0 unspecified atom stereocenters. The van der Waals surface area contributed by atoms with E-state index in [4.69, 9.17) is 0 Å². The molecular formula is C11H15BrSi. The lowest BCUT2D eigenvalue weighted by Gasteiger charge is -2.20. The van der Waals surface area contributed by atoms with Gasteiger partial charge < -0.3 is 0 Å². The minimum atomic E-state index is -1.39. The Labute approximate surface area is 89.8 Å². The second-order valence-electron chi connectivity index (χ2n) is 3.72. The standard InChI is InChI=1S/C11H15BrSi/c1-4-13(2,3)11-8-6-5-7-10(11)9-12/h4-8H,1,9H2,2-3H3. The third-order valence-electron chi connectivity index (χ3n) is 2.37. The van der Waals surface area contributed by atoms with Crippen molar-refractivity contribution in [1.29, 1.82) is 0 Å². The van der Waals surface area contributed by atoms with Crippen LogP contribution in [-0.4, -0.2) is 8.07 Å². The molecular weight excluding hydrogens is 240 g/mol. The van der Waals surface area contributed by atoms with Gasteiger partial charge in [-0.3, -0.25) is 0 Å². The Morgan fingerprint density at radius 2 is 2.00 bits per heavy atom. The van der Waals surface area contributed by atoms with Gasteiger partial charge in [0.05, 0.1) is 0 Å². The van der Waals surface area contributed by atoms with Gasteiger partial charge in [-0.05, 0) is 5.56 Å². The lowest BCUT2D eigenvalue weighted by atomic mass is 10.2. The average molecular weight is 255 g/mol. The molecule has 13 heavy (non-hydrogen) atoms. The monoisotopic (exact) mass is 254 g/mol. The minimum absolute atomic E-state index is 0.938. The van der Waals surface area contributed by atoms with Gasteiger partial charge in [-0.2, -0.15) is 0 Å². The van der Waals surface area contributed by atoms with E-state index in [-0.39, 0.29) is 0 Å². The van der Waals surface area contributed by atoms with Crippen molar-refractivity contribution >= 4 is 29.2 Å². The Kier molecular flexibility index (Phi) is 3.51. The highest BCUT2D eigenvalue weighted by Crippen LogP contribution is 2.10. The van der Waals surface area contributed by atoms with Crippen LogP contribution in [0, 0.1) is 0 Å². The molecule has 0 fully saturated rings. The predicted molar refractivity (Wildman–Crippen MR) is 66.4 cm³/mol. The summed E-state index contributed by atoms with van der Waals surface area (Å²) in [5, 5.41) is 2.43. The van der Waals surface area contributed by atoms with Crippen molar-refractivity contribution in [3.63, 3.8) is 0 Å². The molecule has 0 heterocycles. The van der Waals surface area contributed by atoms with E-state index < -0.39 is 8.07 Å². The van der Waals surface area contributed by atoms with Crippen LogP contribution >= 0.6 is 15.9 Å². The first-order valence-electron chi connectivity index (χ1n) is 4.40. The SMILES string of the molecule is C=C[Si](C)(C)c1ccccc1CBr. The minimum Gasteiger partial charge on any atom is -0.107 e. The van der Waals surface area contributed by atoms with E-state index in [9.17, 15) is 0 Å². The first-order valence-corrected chi connectivity index (χ1v) is 8.59. The molecule has 2 heteroatoms. The number of halogens is 1. The van der Waals surface area contributed by atoms with Gasteiger partial charge in [0.2, 0.25) is 0 Å². The average Bonchev–Trinajstić information content (AvgIpc) is 2.18. The van der Waals surface area contributed by atoms with E-state index in [0.29, 0.717) is 0 Å². The quantitative estimate of drug-likeness (QED) is 0.574. The van der Waals surface area contributed by atoms with Gasteiger partial charge >= 0.3 is 0 Å². The summed E-state index contributed by atoms with van der Waals surface area (Å²) in [7, 11) is -1.39. The lowest BCUT2D eigenvalue weighted by molar-refractivity contribution is 1.46. The summed E-state index contributed by atoms with van der Waals surface area (Å²) in [5.41, 5.74) is 3.54. The van der Waals surface area contributed by atoms with E-state index in [1.807, 2.05) is 0 Å². The highest BCUT2D eigenvalue weighted by molar-refractivity contribution is 9.08. The summed E-state index contributed by atoms with van der Waals surface area (Å²) in [4.78, 5) is 0. The van der Waals surface area contributed by atoms with Crippen molar-refractivity contribution in [2.24, 2.45) is 0 Å². The van der Waals surface area contributed by atoms with Crippen molar-refractivity contribution < 1.29 is 0 Å². The van der Waals surface area contributed by atoms with Gasteiger partial charge in [0.15, 0.2) is 0 Å². The number of rotatable bonds is 3. The fourth-order valence-electron chi connectivity index (χ4n) is 1.38. The van der Waals surface area contributed by atoms with Crippen LogP contribution in [0.5, 0.6) is 0 Å². The molecule has 70 valence electrons. The molecule has 1 aromatic carbocycles. The topological polar surface area (TPSA) is 0 Å². The van der Waals surface area contributed by atoms with Gasteiger partial charge in [0, 0.05) is 5.33 Å². The van der Waals surface area contributed by atoms with Crippen LogP contribution in [0.3, 0.4) is 0 Å². The molecule has 0 radical (unpaired) electrons. The molecule has 0 aliphatic heterocycles.